The minimum atomic E-state index is -1.97. The number of halogens is 2. The van der Waals surface area contributed by atoms with Gasteiger partial charge in [0.1, 0.15) is 13.7 Å². The SMILES string of the molecule is CO/N=C1\CC2C(C(=O)C(F)[C@]3(C)C(=O)C(F)CC23)[C@@]2(C)CCC(=NOCCN3CCCCC3)CC12. The van der Waals surface area contributed by atoms with Gasteiger partial charge in [0.15, 0.2) is 23.9 Å². The highest BCUT2D eigenvalue weighted by Gasteiger charge is 2.70. The molecular weight excluding hydrogens is 468 g/mol. The molecule has 5 aliphatic rings. The lowest BCUT2D eigenvalue weighted by atomic mass is 9.44. The second kappa shape index (κ2) is 9.76. The molecule has 9 heteroatoms. The fraction of sp³-hybridized carbons (Fsp3) is 0.852. The first-order valence-corrected chi connectivity index (χ1v) is 13.6. The van der Waals surface area contributed by atoms with Crippen molar-refractivity contribution in [2.75, 3.05) is 33.4 Å². The van der Waals surface area contributed by atoms with Crippen LogP contribution in [0.1, 0.15) is 65.2 Å². The van der Waals surface area contributed by atoms with Gasteiger partial charge in [0.2, 0.25) is 0 Å². The summed E-state index contributed by atoms with van der Waals surface area (Å²) in [6.07, 6.45) is 2.31. The van der Waals surface area contributed by atoms with Gasteiger partial charge in [-0.3, -0.25) is 14.5 Å². The normalized spacial score (nSPS) is 45.4. The Labute approximate surface area is 212 Å². The molecule has 5 fully saturated rings. The minimum Gasteiger partial charge on any atom is -0.399 e. The number of piperidine rings is 1. The monoisotopic (exact) mass is 507 g/mol. The Kier molecular flexibility index (Phi) is 6.98. The van der Waals surface area contributed by atoms with Crippen molar-refractivity contribution in [3.63, 3.8) is 0 Å². The molecule has 0 amide bonds. The van der Waals surface area contributed by atoms with E-state index in [1.54, 1.807) is 0 Å². The first kappa shape index (κ1) is 25.7. The number of fused-ring (bicyclic) bond motifs is 5. The average molecular weight is 508 g/mol. The van der Waals surface area contributed by atoms with Gasteiger partial charge in [-0.25, -0.2) is 8.78 Å². The van der Waals surface area contributed by atoms with Gasteiger partial charge in [-0.15, -0.1) is 0 Å². The van der Waals surface area contributed by atoms with Gasteiger partial charge in [0, 0.05) is 18.4 Å². The maximum atomic E-state index is 15.7. The number of hydrogen-bond acceptors (Lipinski definition) is 7. The van der Waals surface area contributed by atoms with Crippen molar-refractivity contribution in [3.8, 4) is 0 Å². The topological polar surface area (TPSA) is 80.6 Å². The molecule has 0 aromatic heterocycles. The van der Waals surface area contributed by atoms with E-state index >= 15 is 4.39 Å². The molecule has 8 atom stereocenters. The zero-order chi connectivity index (χ0) is 25.7. The summed E-state index contributed by atoms with van der Waals surface area (Å²) in [6, 6.07) is 0. The Morgan fingerprint density at radius 2 is 1.83 bits per heavy atom. The molecule has 0 N–H and O–H groups in total. The molecule has 1 saturated heterocycles. The summed E-state index contributed by atoms with van der Waals surface area (Å²) in [5, 5.41) is 8.79. The fourth-order valence-corrected chi connectivity index (χ4v) is 8.20. The predicted octanol–water partition coefficient (Wildman–Crippen LogP) is 4.14. The summed E-state index contributed by atoms with van der Waals surface area (Å²) >= 11 is 0. The molecule has 1 heterocycles. The molecule has 4 saturated carbocycles. The van der Waals surface area contributed by atoms with E-state index in [4.69, 9.17) is 9.68 Å². The van der Waals surface area contributed by atoms with Gasteiger partial charge < -0.3 is 9.68 Å². The van der Waals surface area contributed by atoms with Crippen LogP contribution in [0, 0.1) is 34.5 Å². The van der Waals surface area contributed by atoms with Crippen LogP contribution < -0.4 is 0 Å². The fourth-order valence-electron chi connectivity index (χ4n) is 8.20. The van der Waals surface area contributed by atoms with E-state index in [0.29, 0.717) is 32.3 Å². The molecule has 200 valence electrons. The Hall–Kier alpha value is -1.90. The predicted molar refractivity (Wildman–Crippen MR) is 131 cm³/mol. The Balaban J connectivity index is 1.36. The van der Waals surface area contributed by atoms with Gasteiger partial charge in [-0.2, -0.15) is 0 Å². The Morgan fingerprint density at radius 3 is 2.56 bits per heavy atom. The third-order valence-corrected chi connectivity index (χ3v) is 10.2. The van der Waals surface area contributed by atoms with E-state index in [-0.39, 0.29) is 18.3 Å². The van der Waals surface area contributed by atoms with Crippen LogP contribution in [-0.4, -0.2) is 73.6 Å². The molecule has 0 spiro atoms. The van der Waals surface area contributed by atoms with Crippen LogP contribution in [-0.2, 0) is 19.3 Å². The molecule has 6 unspecified atom stereocenters. The third-order valence-electron chi connectivity index (χ3n) is 10.2. The van der Waals surface area contributed by atoms with Crippen molar-refractivity contribution in [1.82, 2.24) is 4.90 Å². The van der Waals surface area contributed by atoms with E-state index in [0.717, 1.165) is 31.1 Å². The molecule has 1 aliphatic heterocycles. The first-order valence-electron chi connectivity index (χ1n) is 13.6. The molecule has 0 aromatic carbocycles. The summed E-state index contributed by atoms with van der Waals surface area (Å²) in [6.45, 7) is 7.10. The summed E-state index contributed by atoms with van der Waals surface area (Å²) in [7, 11) is 1.49. The van der Waals surface area contributed by atoms with Crippen LogP contribution in [0.2, 0.25) is 0 Å². The summed E-state index contributed by atoms with van der Waals surface area (Å²) in [4.78, 5) is 39.5. The van der Waals surface area contributed by atoms with Crippen molar-refractivity contribution in [2.24, 2.45) is 44.8 Å². The summed E-state index contributed by atoms with van der Waals surface area (Å²) in [5.41, 5.74) is -0.442. The lowest BCUT2D eigenvalue weighted by Crippen LogP contribution is -2.64. The van der Waals surface area contributed by atoms with Crippen LogP contribution in [0.25, 0.3) is 0 Å². The maximum Gasteiger partial charge on any atom is 0.176 e. The van der Waals surface area contributed by atoms with Crippen molar-refractivity contribution >= 4 is 23.0 Å². The van der Waals surface area contributed by atoms with Crippen LogP contribution in [0.5, 0.6) is 0 Å². The average Bonchev–Trinajstić information content (AvgIpc) is 3.11. The highest BCUT2D eigenvalue weighted by Crippen LogP contribution is 2.64. The second-order valence-corrected chi connectivity index (χ2v) is 12.0. The van der Waals surface area contributed by atoms with Crippen molar-refractivity contribution in [3.05, 3.63) is 0 Å². The maximum absolute atomic E-state index is 15.7. The van der Waals surface area contributed by atoms with E-state index in [1.807, 2.05) is 6.92 Å². The molecule has 5 rings (SSSR count). The van der Waals surface area contributed by atoms with Gasteiger partial charge in [-0.1, -0.05) is 23.7 Å². The molecule has 36 heavy (non-hydrogen) atoms. The van der Waals surface area contributed by atoms with E-state index in [1.165, 1.54) is 33.3 Å². The van der Waals surface area contributed by atoms with Crippen LogP contribution >= 0.6 is 0 Å². The van der Waals surface area contributed by atoms with Crippen molar-refractivity contribution in [2.45, 2.75) is 77.6 Å². The second-order valence-electron chi connectivity index (χ2n) is 12.0. The number of ketones is 2. The molecule has 0 radical (unpaired) electrons. The van der Waals surface area contributed by atoms with Gasteiger partial charge >= 0.3 is 0 Å². The molecule has 0 aromatic rings. The number of oxime groups is 2. The molecule has 0 bridgehead atoms. The molecular formula is C27H39F2N3O4. The lowest BCUT2D eigenvalue weighted by Gasteiger charge is -2.58. The number of likely N-dealkylation sites (tertiary alicyclic amines) is 1. The number of carbonyl (C=O) groups excluding carboxylic acids is 2. The Bertz CT molecular complexity index is 951. The van der Waals surface area contributed by atoms with Crippen LogP contribution in [0.4, 0.5) is 8.78 Å². The van der Waals surface area contributed by atoms with Gasteiger partial charge in [0.05, 0.1) is 16.8 Å². The minimum absolute atomic E-state index is 0.0250. The number of Topliss-reactive ketones (excluding diaryl/α,β-unsaturated/α-hetero) is 2. The van der Waals surface area contributed by atoms with Crippen LogP contribution in [0.3, 0.4) is 0 Å². The zero-order valence-corrected chi connectivity index (χ0v) is 21.7. The largest absolute Gasteiger partial charge is 0.399 e. The Morgan fingerprint density at radius 1 is 1.08 bits per heavy atom. The highest BCUT2D eigenvalue weighted by atomic mass is 19.1. The standard InChI is InChI=1S/C27H39F2N3O4/c1-26-8-7-16(30-36-12-11-32-9-5-4-6-10-32)13-19(26)21(31-35-3)14-17-18-15-20(28)25(34)27(18,2)24(29)23(33)22(17)26/h17-20,22,24H,4-15H2,1-3H3/b30-16?,31-21+/t17?,18?,19?,20?,22?,24?,26-,27+/m0/s1. The highest BCUT2D eigenvalue weighted by molar-refractivity contribution is 6.03. The zero-order valence-electron chi connectivity index (χ0n) is 21.7. The quantitative estimate of drug-likeness (QED) is 0.413. The summed E-state index contributed by atoms with van der Waals surface area (Å²) in [5.74, 6) is -2.87. The van der Waals surface area contributed by atoms with E-state index < -0.39 is 46.6 Å². The number of hydrogen-bond donors (Lipinski definition) is 0. The lowest BCUT2D eigenvalue weighted by molar-refractivity contribution is -0.163. The van der Waals surface area contributed by atoms with Gasteiger partial charge in [0.25, 0.3) is 0 Å². The number of nitrogens with zero attached hydrogens (tertiary/aromatic N) is 3. The number of rotatable bonds is 5. The first-order chi connectivity index (χ1) is 17.2. The smallest absolute Gasteiger partial charge is 0.176 e. The molecule has 4 aliphatic carbocycles. The number of carbonyl (C=O) groups is 2. The van der Waals surface area contributed by atoms with E-state index in [2.05, 4.69) is 15.2 Å². The van der Waals surface area contributed by atoms with Crippen LogP contribution in [0.15, 0.2) is 10.3 Å². The molecule has 7 nitrogen and oxygen atoms in total. The number of alkyl halides is 2. The van der Waals surface area contributed by atoms with Gasteiger partial charge in [-0.05, 0) is 82.2 Å². The third kappa shape index (κ3) is 4.00. The van der Waals surface area contributed by atoms with E-state index in [9.17, 15) is 14.0 Å². The van der Waals surface area contributed by atoms with Crippen molar-refractivity contribution in [1.29, 1.82) is 0 Å². The van der Waals surface area contributed by atoms with Crippen molar-refractivity contribution < 1.29 is 28.0 Å². The summed E-state index contributed by atoms with van der Waals surface area (Å²) < 4.78 is 30.3.